The van der Waals surface area contributed by atoms with Gasteiger partial charge < -0.3 is 22.1 Å². The Bertz CT molecular complexity index is 9390. The number of aryl methyl sites for hydroxylation is 10. The molecule has 138 heavy (non-hydrogen) atoms. The van der Waals surface area contributed by atoms with Crippen LogP contribution in [0.5, 0.6) is 0 Å². The van der Waals surface area contributed by atoms with E-state index >= 15 is 0 Å². The van der Waals surface area contributed by atoms with E-state index in [9.17, 15) is 26.3 Å². The van der Waals surface area contributed by atoms with E-state index in [1.54, 1.807) is 82.5 Å². The van der Waals surface area contributed by atoms with E-state index in [0.717, 1.165) is 166 Å². The fraction of sp³-hybridized carbons (Fsp3) is 0.268. The highest BCUT2D eigenvalue weighted by Crippen LogP contribution is 2.46. The van der Waals surface area contributed by atoms with E-state index < -0.39 is 58.3 Å². The van der Waals surface area contributed by atoms with E-state index in [4.69, 9.17) is 49.5 Å². The molecule has 0 spiro atoms. The molecule has 688 valence electrons. The average molecular weight is 1840 g/mol. The normalized spacial score (nSPS) is 14.4. The van der Waals surface area contributed by atoms with Gasteiger partial charge in [0.25, 0.3) is 0 Å². The van der Waals surface area contributed by atoms with Gasteiger partial charge >= 0.3 is 0 Å². The maximum atomic E-state index is 9.50. The van der Waals surface area contributed by atoms with Crippen LogP contribution in [0, 0.1) is 144 Å². The number of hydrogen-bond donors (Lipinski definition) is 0. The first-order valence-electron chi connectivity index (χ1n) is 55.7. The second-order valence-corrected chi connectivity index (χ2v) is 36.5. The molecular formula is C123H121N10O5+5. The third-order valence-corrected chi connectivity index (χ3v) is 25.8. The minimum absolute atomic E-state index is 0.103. The van der Waals surface area contributed by atoms with Crippen LogP contribution in [0.15, 0.2) is 234 Å². The van der Waals surface area contributed by atoms with Crippen molar-refractivity contribution < 1.29 is 72.3 Å². The SMILES string of the molecule is [2H]C([2H])([2H])C([2H])(c1cc(C)[n+](C)c(-c2c(C)ccc3oc4cc(C#N)ccc4c23)c1)C([2H])([2H])[2H].[2H]C([2H])([2H])C([2H])(c1cc(C)[n+](C)c(-c2c(C)ccc3oc4ccc(C#N)cc4c23)c1)C([2H])([2H])[2H].[2H]C([2H])(c1cc(C)[n+](C)c(-c2c(C)ccc3oc4c(C#N)cccc4c23)c1)C(C)C.[2H]C([2H])(c1cc(C)[n+](C)c(-c2c(C)ccc3oc4cc(C#N)ccc4c23)c1)C(C)C.[2H]C([2H])(c1cc(C)[n+](C)c(-c2c(C)ccc3oc4ccc(C#N)cc4c23)c1)C(C)C. The maximum absolute atomic E-state index is 9.50. The van der Waals surface area contributed by atoms with Gasteiger partial charge in [-0.15, -0.1) is 0 Å². The predicted octanol–water partition coefficient (Wildman–Crippen LogP) is 28.7. The van der Waals surface area contributed by atoms with Crippen LogP contribution >= 0.6 is 0 Å². The predicted molar refractivity (Wildman–Crippen MR) is 556 cm³/mol. The topological polar surface area (TPSA) is 204 Å². The number of nitrogens with zero attached hydrogens (tertiary/aromatic N) is 10. The molecule has 0 aliphatic heterocycles. The first-order chi connectivity index (χ1) is 73.9. The van der Waals surface area contributed by atoms with Gasteiger partial charge in [0.2, 0.25) is 28.5 Å². The summed E-state index contributed by atoms with van der Waals surface area (Å²) in [6.07, 6.45) is -4.32. The van der Waals surface area contributed by atoms with E-state index in [1.165, 1.54) is 24.3 Å². The Kier molecular flexibility index (Phi) is 20.6. The van der Waals surface area contributed by atoms with Crippen LogP contribution in [-0.2, 0) is 54.4 Å². The van der Waals surface area contributed by atoms with Crippen molar-refractivity contribution in [2.75, 3.05) is 0 Å². The minimum Gasteiger partial charge on any atom is -0.456 e. The number of aromatic nitrogens is 5. The van der Waals surface area contributed by atoms with Crippen molar-refractivity contribution in [2.24, 2.45) is 53.0 Å². The van der Waals surface area contributed by atoms with E-state index in [0.29, 0.717) is 101 Å². The zero-order valence-corrected chi connectivity index (χ0v) is 81.5. The fourth-order valence-corrected chi connectivity index (χ4v) is 18.6. The van der Waals surface area contributed by atoms with Crippen molar-refractivity contribution in [1.29, 1.82) is 26.3 Å². The molecule has 20 rings (SSSR count). The Morgan fingerprint density at radius 2 is 0.558 bits per heavy atom. The van der Waals surface area contributed by atoms with Gasteiger partial charge in [-0.2, -0.15) is 49.1 Å². The number of furan rings is 5. The van der Waals surface area contributed by atoms with Gasteiger partial charge in [0.05, 0.1) is 79.9 Å². The first kappa shape index (κ1) is 72.8. The van der Waals surface area contributed by atoms with Crippen molar-refractivity contribution >= 4 is 110 Å². The van der Waals surface area contributed by atoms with Crippen LogP contribution in [0.25, 0.3) is 166 Å². The van der Waals surface area contributed by atoms with Gasteiger partial charge in [-0.3, -0.25) is 0 Å². The first-order valence-corrected chi connectivity index (χ1v) is 45.7. The molecule has 0 bridgehead atoms. The molecule has 0 fully saturated rings. The molecular weight excluding hydrogens is 1700 g/mol. The van der Waals surface area contributed by atoms with Gasteiger partial charge in [-0.1, -0.05) is 111 Å². The van der Waals surface area contributed by atoms with E-state index in [-0.39, 0.29) is 28.9 Å². The Hall–Kier alpha value is -15.6. The Labute approximate surface area is 837 Å². The molecule has 0 saturated carbocycles. The zero-order valence-electron chi connectivity index (χ0n) is 101. The minimum atomic E-state index is -3.09. The molecule has 10 heterocycles. The lowest BCUT2D eigenvalue weighted by atomic mass is 9.94. The van der Waals surface area contributed by atoms with Crippen LogP contribution < -0.4 is 22.8 Å². The summed E-state index contributed by atoms with van der Waals surface area (Å²) in [6.45, 7) is 18.5. The molecule has 0 radical (unpaired) electrons. The van der Waals surface area contributed by atoms with Crippen LogP contribution in [0.2, 0.25) is 0 Å². The van der Waals surface area contributed by atoms with Crippen molar-refractivity contribution in [3.05, 3.63) is 324 Å². The summed E-state index contributed by atoms with van der Waals surface area (Å²) >= 11 is 0. The Morgan fingerprint density at radius 1 is 0.283 bits per heavy atom. The standard InChI is InChI=1S/3C25H25N2O.2C24H23N2O/c1-15(2)10-19-11-17(4)27(5)21(12-19)24-16(3)6-9-22-25(24)20-8-7-18(14-26)13-23(20)28-22;1-15(2)10-19-11-17(4)27(5)21(13-19)24-16(3)6-8-23-25(24)20-12-18(14-26)7-9-22(20)28-23;1-15(2)11-18-12-17(4)27(5)21(13-18)23-16(3)9-10-22-24(23)20-8-6-7-19(14-26)25(20)28-22;1-14(2)18-10-16(4)26(5)20(12-18)23-15(3)6-9-21-24(23)19-8-7-17(13-25)11-22(19)27-21;1-14(2)18-10-16(4)26(5)20(12-18)23-15(3)6-8-22-24(23)19-11-17(13-25)7-9-21(19)27-22/h2*6-9,11-13,15H,10H2,1-5H3;6-10,12-13,15H,11H2,1-5H3;2*6-12,14H,1-5H3/q5*+1/i2*10D2;11D2;2*1D3,2D3,14D. The highest BCUT2D eigenvalue weighted by molar-refractivity contribution is 6.17. The van der Waals surface area contributed by atoms with Gasteiger partial charge in [0.1, 0.15) is 91.6 Å². The number of rotatable bonds is 13. The highest BCUT2D eigenvalue weighted by Gasteiger charge is 2.31. The van der Waals surface area contributed by atoms with Crippen LogP contribution in [0.3, 0.4) is 0 Å². The molecule has 0 amide bonds. The van der Waals surface area contributed by atoms with Crippen molar-refractivity contribution in [1.82, 2.24) is 0 Å². The van der Waals surface area contributed by atoms with Crippen molar-refractivity contribution in [3.8, 4) is 86.6 Å². The lowest BCUT2D eigenvalue weighted by Crippen LogP contribution is -2.35. The highest BCUT2D eigenvalue weighted by atomic mass is 16.3. The molecule has 15 nitrogen and oxygen atoms in total. The van der Waals surface area contributed by atoms with Gasteiger partial charge in [-0.25, -0.2) is 0 Å². The number of fused-ring (bicyclic) bond motifs is 15. The summed E-state index contributed by atoms with van der Waals surface area (Å²) in [4.78, 5) is 0. The molecule has 0 N–H and O–H groups in total. The summed E-state index contributed by atoms with van der Waals surface area (Å²) in [5, 5.41) is 55.4. The van der Waals surface area contributed by atoms with Crippen LogP contribution in [0.4, 0.5) is 0 Å². The molecule has 20 aromatic rings. The second-order valence-electron chi connectivity index (χ2n) is 36.5. The third-order valence-electron chi connectivity index (χ3n) is 25.8. The quantitative estimate of drug-likeness (QED) is 0.0999. The van der Waals surface area contributed by atoms with E-state index in [2.05, 4.69) is 64.8 Å². The maximum Gasteiger partial charge on any atom is 0.213 e. The molecule has 0 saturated heterocycles. The molecule has 0 atom stereocenters. The average Bonchev–Trinajstić information content (AvgIpc) is 1.70. The summed E-state index contributed by atoms with van der Waals surface area (Å²) in [7, 11) is 9.61. The fourth-order valence-electron chi connectivity index (χ4n) is 18.6. The van der Waals surface area contributed by atoms with Gasteiger partial charge in [0.15, 0.2) is 34.1 Å². The van der Waals surface area contributed by atoms with Crippen molar-refractivity contribution in [3.63, 3.8) is 0 Å². The molecule has 10 aromatic carbocycles. The summed E-state index contributed by atoms with van der Waals surface area (Å²) in [6, 6.07) is 74.7. The number of nitriles is 5. The van der Waals surface area contributed by atoms with Gasteiger partial charge in [0, 0.05) is 177 Å². The van der Waals surface area contributed by atoms with Crippen LogP contribution in [0.1, 0.15) is 220 Å². The smallest absolute Gasteiger partial charge is 0.213 e. The molecule has 15 heteroatoms. The molecule has 0 unspecified atom stereocenters. The number of para-hydroxylation sites is 1. The monoisotopic (exact) mass is 1840 g/mol. The summed E-state index contributed by atoms with van der Waals surface area (Å²) in [5.74, 6) is -6.07. The number of pyridine rings is 5. The Balaban J connectivity index is 0.000000139. The molecule has 0 aliphatic carbocycles. The molecule has 0 aliphatic rings. The van der Waals surface area contributed by atoms with E-state index in [1.807, 2.05) is 240 Å². The second kappa shape index (κ2) is 39.0. The largest absolute Gasteiger partial charge is 0.456 e. The van der Waals surface area contributed by atoms with Gasteiger partial charge in [-0.05, 0) is 248 Å². The van der Waals surface area contributed by atoms with Crippen LogP contribution in [-0.4, -0.2) is 0 Å². The molecule has 10 aromatic heterocycles. The lowest BCUT2D eigenvalue weighted by Gasteiger charge is -2.12. The summed E-state index contributed by atoms with van der Waals surface area (Å²) in [5.41, 5.74) is 28.5. The number of hydrogen-bond acceptors (Lipinski definition) is 10. The number of benzene rings is 10. The Morgan fingerprint density at radius 3 is 0.870 bits per heavy atom. The van der Waals surface area contributed by atoms with Crippen molar-refractivity contribution in [2.45, 2.75) is 169 Å². The third kappa shape index (κ3) is 18.4. The lowest BCUT2D eigenvalue weighted by molar-refractivity contribution is -0.666. The summed E-state index contributed by atoms with van der Waals surface area (Å²) < 4.78 is 204. The zero-order chi connectivity index (χ0) is 116.